The number of hydrogen-bond donors (Lipinski definition) is 0. The zero-order valence-corrected chi connectivity index (χ0v) is 13.4. The molecule has 2 saturated heterocycles. The Morgan fingerprint density at radius 3 is 2.10 bits per heavy atom. The van der Waals surface area contributed by atoms with Gasteiger partial charge in [-0.05, 0) is 24.3 Å². The highest BCUT2D eigenvalue weighted by Gasteiger charge is 2.45. The Hall–Kier alpha value is -1.11. The van der Waals surface area contributed by atoms with E-state index in [1.54, 1.807) is 31.2 Å². The monoisotopic (exact) mass is 342 g/mol. The summed E-state index contributed by atoms with van der Waals surface area (Å²) in [6.07, 6.45) is 0. The molecule has 3 rings (SSSR count). The molecule has 1 aromatic carbocycles. The second-order valence-corrected chi connectivity index (χ2v) is 7.50. The number of carbonyl (C=O) groups excluding carboxylic acids is 2. The summed E-state index contributed by atoms with van der Waals surface area (Å²) in [5, 5.41) is 0.553. The smallest absolute Gasteiger partial charge is 0.350 e. The standard InChI is InChI=1S/C14H11ClO4S2/c1-14(8-2-4-9(15)5-3-8)18-11(16)10(12(17)19-14)13-20-6-7-21-13/h2-5H,6-7H2,1H3. The fourth-order valence-electron chi connectivity index (χ4n) is 2.05. The van der Waals surface area contributed by atoms with Gasteiger partial charge in [0, 0.05) is 29.0 Å². The van der Waals surface area contributed by atoms with Crippen LogP contribution in [0.2, 0.25) is 5.02 Å². The maximum Gasteiger partial charge on any atom is 0.350 e. The summed E-state index contributed by atoms with van der Waals surface area (Å²) < 4.78 is 11.5. The van der Waals surface area contributed by atoms with Gasteiger partial charge in [-0.3, -0.25) is 0 Å². The Kier molecular flexibility index (Phi) is 3.94. The second-order valence-electron chi connectivity index (χ2n) is 4.59. The van der Waals surface area contributed by atoms with Crippen LogP contribution in [-0.2, 0) is 24.8 Å². The van der Waals surface area contributed by atoms with Gasteiger partial charge in [0.15, 0.2) is 5.57 Å². The number of ether oxygens (including phenoxy) is 2. The van der Waals surface area contributed by atoms with Gasteiger partial charge in [0.1, 0.15) is 0 Å². The lowest BCUT2D eigenvalue weighted by Crippen LogP contribution is -2.42. The molecule has 0 amide bonds. The summed E-state index contributed by atoms with van der Waals surface area (Å²) in [7, 11) is 0. The SMILES string of the molecule is CC1(c2ccc(Cl)cc2)OC(=O)C(=C2SCCS2)C(=O)O1. The van der Waals surface area contributed by atoms with Crippen LogP contribution in [-0.4, -0.2) is 23.4 Å². The van der Waals surface area contributed by atoms with E-state index in [1.807, 2.05) is 0 Å². The minimum Gasteiger partial charge on any atom is -0.414 e. The maximum absolute atomic E-state index is 12.2. The first kappa shape index (κ1) is 14.8. The molecule has 0 spiro atoms. The third-order valence-electron chi connectivity index (χ3n) is 3.11. The summed E-state index contributed by atoms with van der Waals surface area (Å²) >= 11 is 8.79. The molecule has 7 heteroatoms. The van der Waals surface area contributed by atoms with Gasteiger partial charge in [0.25, 0.3) is 5.79 Å². The normalized spacial score (nSPS) is 25.8. The number of benzene rings is 1. The second kappa shape index (κ2) is 5.59. The molecule has 0 atom stereocenters. The Bertz CT molecular complexity index is 611. The number of cyclic esters (lactones) is 2. The van der Waals surface area contributed by atoms with Crippen molar-refractivity contribution < 1.29 is 19.1 Å². The first-order chi connectivity index (χ1) is 9.99. The third kappa shape index (κ3) is 2.80. The number of halogens is 1. The molecule has 4 nitrogen and oxygen atoms in total. The Labute approximate surface area is 135 Å². The fourth-order valence-corrected chi connectivity index (χ4v) is 4.67. The molecule has 0 aliphatic carbocycles. The molecule has 110 valence electrons. The number of esters is 2. The van der Waals surface area contributed by atoms with Crippen LogP contribution in [0.25, 0.3) is 0 Å². The summed E-state index contributed by atoms with van der Waals surface area (Å²) in [4.78, 5) is 24.4. The van der Waals surface area contributed by atoms with Gasteiger partial charge in [-0.15, -0.1) is 23.5 Å². The van der Waals surface area contributed by atoms with Gasteiger partial charge in [0.05, 0.1) is 4.24 Å². The van der Waals surface area contributed by atoms with Gasteiger partial charge < -0.3 is 9.47 Å². The first-order valence-corrected chi connectivity index (χ1v) is 8.57. The van der Waals surface area contributed by atoms with Crippen molar-refractivity contribution in [2.75, 3.05) is 11.5 Å². The first-order valence-electron chi connectivity index (χ1n) is 6.22. The van der Waals surface area contributed by atoms with E-state index in [9.17, 15) is 9.59 Å². The lowest BCUT2D eigenvalue weighted by Gasteiger charge is -2.33. The van der Waals surface area contributed by atoms with E-state index in [0.717, 1.165) is 11.5 Å². The van der Waals surface area contributed by atoms with E-state index in [2.05, 4.69) is 0 Å². The molecular weight excluding hydrogens is 332 g/mol. The van der Waals surface area contributed by atoms with Crippen LogP contribution in [0.1, 0.15) is 12.5 Å². The lowest BCUT2D eigenvalue weighted by molar-refractivity contribution is -0.233. The van der Waals surface area contributed by atoms with Crippen molar-refractivity contribution in [2.45, 2.75) is 12.7 Å². The van der Waals surface area contributed by atoms with Crippen molar-refractivity contribution in [3.8, 4) is 0 Å². The highest BCUT2D eigenvalue weighted by atomic mass is 35.5. The fraction of sp³-hybridized carbons (Fsp3) is 0.286. The largest absolute Gasteiger partial charge is 0.414 e. The molecule has 2 fully saturated rings. The average molecular weight is 343 g/mol. The minimum absolute atomic E-state index is 0.00828. The minimum atomic E-state index is -1.42. The van der Waals surface area contributed by atoms with Gasteiger partial charge in [0.2, 0.25) is 0 Å². The maximum atomic E-state index is 12.2. The topological polar surface area (TPSA) is 52.6 Å². The molecule has 0 radical (unpaired) electrons. The average Bonchev–Trinajstić information content (AvgIpc) is 2.92. The molecular formula is C14H11ClO4S2. The summed E-state index contributed by atoms with van der Waals surface area (Å²) in [6.45, 7) is 1.54. The van der Waals surface area contributed by atoms with Crippen LogP contribution in [0.15, 0.2) is 34.1 Å². The van der Waals surface area contributed by atoms with Crippen molar-refractivity contribution in [1.29, 1.82) is 0 Å². The third-order valence-corrected chi connectivity index (χ3v) is 6.07. The summed E-state index contributed by atoms with van der Waals surface area (Å²) in [6, 6.07) is 6.64. The Morgan fingerprint density at radius 2 is 1.57 bits per heavy atom. The van der Waals surface area contributed by atoms with Gasteiger partial charge in [-0.1, -0.05) is 11.6 Å². The number of carbonyl (C=O) groups is 2. The Morgan fingerprint density at radius 1 is 1.05 bits per heavy atom. The zero-order chi connectivity index (χ0) is 15.0. The van der Waals surface area contributed by atoms with Gasteiger partial charge in [-0.2, -0.15) is 0 Å². The molecule has 1 aromatic rings. The van der Waals surface area contributed by atoms with Crippen molar-refractivity contribution in [2.24, 2.45) is 0 Å². The van der Waals surface area contributed by atoms with Gasteiger partial charge in [-0.25, -0.2) is 9.59 Å². The molecule has 21 heavy (non-hydrogen) atoms. The van der Waals surface area contributed by atoms with Crippen molar-refractivity contribution in [3.63, 3.8) is 0 Å². The van der Waals surface area contributed by atoms with Crippen molar-refractivity contribution >= 4 is 47.1 Å². The van der Waals surface area contributed by atoms with Crippen LogP contribution in [0.4, 0.5) is 0 Å². The van der Waals surface area contributed by atoms with E-state index < -0.39 is 17.7 Å². The van der Waals surface area contributed by atoms with Crippen LogP contribution < -0.4 is 0 Å². The van der Waals surface area contributed by atoms with E-state index >= 15 is 0 Å². The number of thioether (sulfide) groups is 2. The van der Waals surface area contributed by atoms with Crippen molar-refractivity contribution in [3.05, 3.63) is 44.7 Å². The molecule has 2 heterocycles. The predicted octanol–water partition coefficient (Wildman–Crippen LogP) is 3.30. The number of rotatable bonds is 1. The van der Waals surface area contributed by atoms with E-state index in [4.69, 9.17) is 21.1 Å². The highest BCUT2D eigenvalue weighted by Crippen LogP contribution is 2.42. The molecule has 0 aromatic heterocycles. The predicted molar refractivity (Wildman–Crippen MR) is 82.9 cm³/mol. The molecule has 2 aliphatic heterocycles. The van der Waals surface area contributed by atoms with Crippen LogP contribution in [0.3, 0.4) is 0 Å². The molecule has 0 N–H and O–H groups in total. The number of hydrogen-bond acceptors (Lipinski definition) is 6. The van der Waals surface area contributed by atoms with Crippen LogP contribution >= 0.6 is 35.1 Å². The Balaban J connectivity index is 1.92. The lowest BCUT2D eigenvalue weighted by atomic mass is 10.1. The quantitative estimate of drug-likeness (QED) is 0.443. The van der Waals surface area contributed by atoms with Crippen molar-refractivity contribution in [1.82, 2.24) is 0 Å². The highest BCUT2D eigenvalue weighted by molar-refractivity contribution is 8.25. The zero-order valence-electron chi connectivity index (χ0n) is 11.1. The molecule has 0 bridgehead atoms. The van der Waals surface area contributed by atoms with E-state index in [1.165, 1.54) is 23.5 Å². The molecule has 0 unspecified atom stereocenters. The van der Waals surface area contributed by atoms with Gasteiger partial charge >= 0.3 is 11.9 Å². The summed E-state index contributed by atoms with van der Waals surface area (Å²) in [5.74, 6) is -0.950. The molecule has 2 aliphatic rings. The molecule has 0 saturated carbocycles. The summed E-state index contributed by atoms with van der Waals surface area (Å²) in [5.41, 5.74) is 0.568. The van der Waals surface area contributed by atoms with Crippen LogP contribution in [0, 0.1) is 0 Å². The van der Waals surface area contributed by atoms with E-state index in [0.29, 0.717) is 14.8 Å². The van der Waals surface area contributed by atoms with E-state index in [-0.39, 0.29) is 5.57 Å². The van der Waals surface area contributed by atoms with Crippen LogP contribution in [0.5, 0.6) is 0 Å².